The fraction of sp³-hybridized carbons (Fsp3) is 0.312. The quantitative estimate of drug-likeness (QED) is 0.826. The van der Waals surface area contributed by atoms with Gasteiger partial charge in [0.1, 0.15) is 0 Å². The van der Waals surface area contributed by atoms with Crippen molar-refractivity contribution in [3.63, 3.8) is 0 Å². The Balaban J connectivity index is 2.22. The van der Waals surface area contributed by atoms with Crippen LogP contribution in [0.3, 0.4) is 0 Å². The van der Waals surface area contributed by atoms with E-state index < -0.39 is 0 Å². The van der Waals surface area contributed by atoms with Gasteiger partial charge in [0.2, 0.25) is 0 Å². The first-order valence-electron chi connectivity index (χ1n) is 6.74. The number of benzene rings is 1. The van der Waals surface area contributed by atoms with Crippen molar-refractivity contribution in [1.29, 1.82) is 0 Å². The minimum absolute atomic E-state index is 0.131. The van der Waals surface area contributed by atoms with Crippen LogP contribution in [0.25, 0.3) is 6.20 Å². The Bertz CT molecular complexity index is 588. The molecule has 5 heteroatoms. The summed E-state index contributed by atoms with van der Waals surface area (Å²) in [5.41, 5.74) is 5.04. The van der Waals surface area contributed by atoms with Gasteiger partial charge >= 0.3 is 0 Å². The number of hydrogen-bond acceptors (Lipinski definition) is 3. The van der Waals surface area contributed by atoms with Crippen LogP contribution in [0.15, 0.2) is 48.7 Å². The van der Waals surface area contributed by atoms with Crippen LogP contribution in [0.2, 0.25) is 5.02 Å². The smallest absolute Gasteiger partial charge is 0.0987 e. The molecule has 0 amide bonds. The highest BCUT2D eigenvalue weighted by atomic mass is 35.5. The van der Waals surface area contributed by atoms with Crippen molar-refractivity contribution in [3.05, 3.63) is 59.3 Å². The molecule has 0 fully saturated rings. The van der Waals surface area contributed by atoms with E-state index in [0.717, 1.165) is 17.1 Å². The maximum Gasteiger partial charge on any atom is 0.0987 e. The molecule has 112 valence electrons. The average Bonchev–Trinajstić information content (AvgIpc) is 2.94. The third-order valence-electron chi connectivity index (χ3n) is 3.30. The number of hydroxylamine groups is 1. The highest BCUT2D eigenvalue weighted by molar-refractivity contribution is 6.30. The second-order valence-electron chi connectivity index (χ2n) is 5.55. The van der Waals surface area contributed by atoms with E-state index >= 15 is 0 Å². The van der Waals surface area contributed by atoms with E-state index in [2.05, 4.69) is 24.3 Å². The van der Waals surface area contributed by atoms with Gasteiger partial charge in [-0.05, 0) is 24.1 Å². The number of halogens is 1. The van der Waals surface area contributed by atoms with Crippen LogP contribution in [-0.2, 0) is 11.3 Å². The van der Waals surface area contributed by atoms with E-state index in [4.69, 9.17) is 16.4 Å². The van der Waals surface area contributed by atoms with Crippen LogP contribution in [0, 0.1) is 5.41 Å². The summed E-state index contributed by atoms with van der Waals surface area (Å²) in [6, 6.07) is 7.92. The van der Waals surface area contributed by atoms with E-state index in [9.17, 15) is 0 Å². The molecule has 0 unspecified atom stereocenters. The molecule has 2 rings (SSSR count). The van der Waals surface area contributed by atoms with E-state index in [1.54, 1.807) is 19.6 Å². The predicted molar refractivity (Wildman–Crippen MR) is 85.6 cm³/mol. The lowest BCUT2D eigenvalue weighted by atomic mass is 9.83. The molecule has 0 aliphatic heterocycles. The molecule has 0 spiro atoms. The van der Waals surface area contributed by atoms with E-state index in [1.165, 1.54) is 5.56 Å². The molecule has 1 aromatic carbocycles. The zero-order chi connectivity index (χ0) is 15.3. The van der Waals surface area contributed by atoms with Gasteiger partial charge in [-0.25, -0.2) is 4.98 Å². The molecule has 4 nitrogen and oxygen atoms in total. The van der Waals surface area contributed by atoms with Gasteiger partial charge < -0.3 is 4.57 Å². The lowest BCUT2D eigenvalue weighted by Gasteiger charge is -2.28. The summed E-state index contributed by atoms with van der Waals surface area (Å²) in [6.07, 6.45) is 8.21. The van der Waals surface area contributed by atoms with Gasteiger partial charge in [-0.15, -0.1) is 0 Å². The van der Waals surface area contributed by atoms with E-state index in [-0.39, 0.29) is 5.41 Å². The fourth-order valence-electron chi connectivity index (χ4n) is 2.15. The first kappa shape index (κ1) is 15.6. The Hall–Kier alpha value is -1.78. The zero-order valence-electron chi connectivity index (χ0n) is 12.5. The largest absolute Gasteiger partial charge is 0.311 e. The van der Waals surface area contributed by atoms with Gasteiger partial charge in [0.05, 0.1) is 19.1 Å². The highest BCUT2D eigenvalue weighted by Gasteiger charge is 2.24. The lowest BCUT2D eigenvalue weighted by Crippen LogP contribution is -2.28. The number of rotatable bonds is 6. The van der Waals surface area contributed by atoms with Crippen LogP contribution in [0.5, 0.6) is 0 Å². The predicted octanol–water partition coefficient (Wildman–Crippen LogP) is 3.75. The second-order valence-corrected chi connectivity index (χ2v) is 5.98. The third-order valence-corrected chi connectivity index (χ3v) is 3.56. The van der Waals surface area contributed by atoms with Crippen molar-refractivity contribution < 1.29 is 4.84 Å². The first-order valence-corrected chi connectivity index (χ1v) is 7.12. The maximum atomic E-state index is 5.94. The van der Waals surface area contributed by atoms with Crippen molar-refractivity contribution in [1.82, 2.24) is 15.0 Å². The molecule has 1 N–H and O–H groups in total. The Morgan fingerprint density at radius 3 is 2.67 bits per heavy atom. The number of aromatic nitrogens is 2. The van der Waals surface area contributed by atoms with Crippen molar-refractivity contribution >= 4 is 17.8 Å². The van der Waals surface area contributed by atoms with Crippen LogP contribution in [-0.4, -0.2) is 16.7 Å². The molecule has 0 bridgehead atoms. The normalized spacial score (nSPS) is 12.5. The molecule has 0 saturated heterocycles. The summed E-state index contributed by atoms with van der Waals surface area (Å²) in [6.45, 7) is 4.33. The molecule has 0 radical (unpaired) electrons. The number of nitrogens with one attached hydrogen (secondary N) is 1. The van der Waals surface area contributed by atoms with Gasteiger partial charge in [0.25, 0.3) is 0 Å². The van der Waals surface area contributed by atoms with E-state index in [1.807, 2.05) is 41.2 Å². The standard InChI is InChI=1S/C16H20ClN3O/c1-16(2,10-13-4-6-14(17)7-5-13)15(19-21-3)11-20-9-8-18-12-20/h4-9,11-12,19H,10H2,1-3H3. The minimum atomic E-state index is -0.131. The second kappa shape index (κ2) is 6.78. The van der Waals surface area contributed by atoms with Crippen molar-refractivity contribution in [2.24, 2.45) is 5.41 Å². The highest BCUT2D eigenvalue weighted by Crippen LogP contribution is 2.30. The van der Waals surface area contributed by atoms with Crippen LogP contribution in [0.4, 0.5) is 0 Å². The lowest BCUT2D eigenvalue weighted by molar-refractivity contribution is 0.0987. The Morgan fingerprint density at radius 1 is 1.38 bits per heavy atom. The van der Waals surface area contributed by atoms with Crippen LogP contribution >= 0.6 is 11.6 Å². The summed E-state index contributed by atoms with van der Waals surface area (Å²) in [4.78, 5) is 9.17. The SMILES string of the molecule is CONC(=Cn1ccnc1)C(C)(C)Cc1ccc(Cl)cc1. The molecule has 0 aliphatic rings. The summed E-state index contributed by atoms with van der Waals surface area (Å²) in [5, 5.41) is 0.751. The van der Waals surface area contributed by atoms with E-state index in [0.29, 0.717) is 0 Å². The monoisotopic (exact) mass is 305 g/mol. The van der Waals surface area contributed by atoms with Crippen molar-refractivity contribution in [3.8, 4) is 0 Å². The van der Waals surface area contributed by atoms with Crippen LogP contribution in [0.1, 0.15) is 19.4 Å². The van der Waals surface area contributed by atoms with Crippen molar-refractivity contribution in [2.75, 3.05) is 7.11 Å². The Labute approximate surface area is 130 Å². The fourth-order valence-corrected chi connectivity index (χ4v) is 2.28. The number of hydrogen-bond donors (Lipinski definition) is 1. The topological polar surface area (TPSA) is 39.1 Å². The Morgan fingerprint density at radius 2 is 2.10 bits per heavy atom. The summed E-state index contributed by atoms with van der Waals surface area (Å²) >= 11 is 5.94. The molecule has 1 aromatic heterocycles. The van der Waals surface area contributed by atoms with Crippen molar-refractivity contribution in [2.45, 2.75) is 20.3 Å². The molecule has 0 aliphatic carbocycles. The maximum absolute atomic E-state index is 5.94. The summed E-state index contributed by atoms with van der Waals surface area (Å²) < 4.78 is 1.89. The molecule has 0 atom stereocenters. The minimum Gasteiger partial charge on any atom is -0.311 e. The molecule has 2 aromatic rings. The third kappa shape index (κ3) is 4.34. The zero-order valence-corrected chi connectivity index (χ0v) is 13.3. The van der Waals surface area contributed by atoms with Gasteiger partial charge in [0, 0.05) is 29.0 Å². The number of nitrogens with zero attached hydrogens (tertiary/aromatic N) is 2. The first-order chi connectivity index (χ1) is 10.0. The van der Waals surface area contributed by atoms with Gasteiger partial charge in [-0.3, -0.25) is 10.3 Å². The molecule has 0 saturated carbocycles. The molecular weight excluding hydrogens is 286 g/mol. The Kier molecular flexibility index (Phi) is 5.04. The van der Waals surface area contributed by atoms with Gasteiger partial charge in [-0.2, -0.15) is 0 Å². The number of allylic oxidation sites excluding steroid dienone is 1. The molecular formula is C16H20ClN3O. The molecule has 1 heterocycles. The molecule has 21 heavy (non-hydrogen) atoms. The summed E-state index contributed by atoms with van der Waals surface area (Å²) in [7, 11) is 1.61. The average molecular weight is 306 g/mol. The summed E-state index contributed by atoms with van der Waals surface area (Å²) in [5.74, 6) is 0. The van der Waals surface area contributed by atoms with Crippen LogP contribution < -0.4 is 5.48 Å². The number of imidazole rings is 1. The van der Waals surface area contributed by atoms with Gasteiger partial charge in [-0.1, -0.05) is 37.6 Å². The van der Waals surface area contributed by atoms with Gasteiger partial charge in [0.15, 0.2) is 0 Å².